The predicted molar refractivity (Wildman–Crippen MR) is 116 cm³/mol. The Bertz CT molecular complexity index is 1160. The lowest BCUT2D eigenvalue weighted by Gasteiger charge is -2.23. The molecule has 0 bridgehead atoms. The third kappa shape index (κ3) is 3.89. The van der Waals surface area contributed by atoms with Crippen LogP contribution in [0, 0.1) is 0 Å². The van der Waals surface area contributed by atoms with Gasteiger partial charge in [0.15, 0.2) is 0 Å². The van der Waals surface area contributed by atoms with Gasteiger partial charge in [-0.05, 0) is 30.7 Å². The van der Waals surface area contributed by atoms with E-state index in [1.807, 2.05) is 6.92 Å². The fourth-order valence-corrected chi connectivity index (χ4v) is 3.27. The topological polar surface area (TPSA) is 93.5 Å². The number of ether oxygens (including phenoxy) is 1. The van der Waals surface area contributed by atoms with Crippen LogP contribution in [0.2, 0.25) is 0 Å². The number of para-hydroxylation sites is 4. The minimum Gasteiger partial charge on any atom is -0.495 e. The van der Waals surface area contributed by atoms with Crippen LogP contribution in [0.25, 0.3) is 11.0 Å². The average molecular weight is 408 g/mol. The standard InChI is InChI=1S/C22H24N4O4/c1-5-17(21(28)24-16-11-7-9-13-19(16)30-4)26-18-12-8-6-10-15(18)23-20(22(26)29)25(3)14(2)27/h6-13,17H,5H2,1-4H3,(H,24,28)/t17-/m0/s1. The minimum absolute atomic E-state index is 0.0234. The first-order valence-electron chi connectivity index (χ1n) is 9.58. The summed E-state index contributed by atoms with van der Waals surface area (Å²) in [6.07, 6.45) is 0.359. The number of hydrogen-bond acceptors (Lipinski definition) is 5. The van der Waals surface area contributed by atoms with E-state index in [-0.39, 0.29) is 17.6 Å². The molecule has 0 aliphatic heterocycles. The molecule has 3 rings (SSSR count). The molecule has 30 heavy (non-hydrogen) atoms. The van der Waals surface area contributed by atoms with Crippen LogP contribution in [0.4, 0.5) is 11.5 Å². The molecule has 0 unspecified atom stereocenters. The number of fused-ring (bicyclic) bond motifs is 1. The normalized spacial score (nSPS) is 11.7. The fraction of sp³-hybridized carbons (Fsp3) is 0.273. The number of benzene rings is 2. The molecule has 0 aliphatic carbocycles. The molecular weight excluding hydrogens is 384 g/mol. The molecule has 156 valence electrons. The van der Waals surface area contributed by atoms with E-state index < -0.39 is 11.6 Å². The molecule has 1 aromatic heterocycles. The number of carbonyl (C=O) groups is 2. The van der Waals surface area contributed by atoms with Crippen molar-refractivity contribution in [3.05, 3.63) is 58.9 Å². The first-order chi connectivity index (χ1) is 14.4. The van der Waals surface area contributed by atoms with Gasteiger partial charge in [0.2, 0.25) is 17.6 Å². The van der Waals surface area contributed by atoms with Crippen LogP contribution in [0.5, 0.6) is 5.75 Å². The summed E-state index contributed by atoms with van der Waals surface area (Å²) < 4.78 is 6.70. The molecule has 2 aromatic carbocycles. The summed E-state index contributed by atoms with van der Waals surface area (Å²) in [5.41, 5.74) is 1.04. The molecule has 1 N–H and O–H groups in total. The number of methoxy groups -OCH3 is 1. The highest BCUT2D eigenvalue weighted by Crippen LogP contribution is 2.26. The summed E-state index contributed by atoms with van der Waals surface area (Å²) in [7, 11) is 3.01. The monoisotopic (exact) mass is 408 g/mol. The molecule has 1 heterocycles. The van der Waals surface area contributed by atoms with Crippen LogP contribution in [0.3, 0.4) is 0 Å². The Labute approximate surface area is 174 Å². The molecule has 0 saturated heterocycles. The van der Waals surface area contributed by atoms with E-state index in [2.05, 4.69) is 10.3 Å². The molecule has 3 aromatic rings. The quantitative estimate of drug-likeness (QED) is 0.677. The van der Waals surface area contributed by atoms with Gasteiger partial charge in [0, 0.05) is 14.0 Å². The Morgan fingerprint density at radius 3 is 2.50 bits per heavy atom. The van der Waals surface area contributed by atoms with Gasteiger partial charge in [-0.1, -0.05) is 31.2 Å². The van der Waals surface area contributed by atoms with Crippen molar-refractivity contribution in [1.29, 1.82) is 0 Å². The maximum Gasteiger partial charge on any atom is 0.295 e. The Morgan fingerprint density at radius 2 is 1.83 bits per heavy atom. The van der Waals surface area contributed by atoms with Gasteiger partial charge in [-0.3, -0.25) is 23.9 Å². The Balaban J connectivity index is 2.14. The van der Waals surface area contributed by atoms with E-state index >= 15 is 0 Å². The number of nitrogens with zero attached hydrogens (tertiary/aromatic N) is 3. The summed E-state index contributed by atoms with van der Waals surface area (Å²) in [6, 6.07) is 13.3. The van der Waals surface area contributed by atoms with Gasteiger partial charge in [-0.25, -0.2) is 4.98 Å². The van der Waals surface area contributed by atoms with Crippen molar-refractivity contribution in [2.75, 3.05) is 24.4 Å². The van der Waals surface area contributed by atoms with Crippen molar-refractivity contribution in [2.24, 2.45) is 0 Å². The lowest BCUT2D eigenvalue weighted by Crippen LogP contribution is -2.38. The van der Waals surface area contributed by atoms with E-state index in [9.17, 15) is 14.4 Å². The van der Waals surface area contributed by atoms with E-state index in [1.54, 1.807) is 48.5 Å². The van der Waals surface area contributed by atoms with Gasteiger partial charge >= 0.3 is 0 Å². The highest BCUT2D eigenvalue weighted by molar-refractivity contribution is 5.96. The molecule has 0 fully saturated rings. The highest BCUT2D eigenvalue weighted by atomic mass is 16.5. The summed E-state index contributed by atoms with van der Waals surface area (Å²) in [5, 5.41) is 2.85. The maximum absolute atomic E-state index is 13.3. The summed E-state index contributed by atoms with van der Waals surface area (Å²) in [6.45, 7) is 3.18. The van der Waals surface area contributed by atoms with Crippen molar-refractivity contribution < 1.29 is 14.3 Å². The molecule has 8 heteroatoms. The number of hydrogen-bond donors (Lipinski definition) is 1. The van der Waals surface area contributed by atoms with E-state index in [0.717, 1.165) is 0 Å². The van der Waals surface area contributed by atoms with Crippen LogP contribution in [-0.4, -0.2) is 35.5 Å². The van der Waals surface area contributed by atoms with E-state index in [1.165, 1.54) is 30.5 Å². The zero-order valence-electron chi connectivity index (χ0n) is 17.4. The van der Waals surface area contributed by atoms with Crippen molar-refractivity contribution in [3.8, 4) is 5.75 Å². The van der Waals surface area contributed by atoms with Crippen LogP contribution >= 0.6 is 0 Å². The van der Waals surface area contributed by atoms with Crippen molar-refractivity contribution >= 4 is 34.4 Å². The third-order valence-corrected chi connectivity index (χ3v) is 4.93. The lowest BCUT2D eigenvalue weighted by atomic mass is 10.1. The third-order valence-electron chi connectivity index (χ3n) is 4.93. The first-order valence-corrected chi connectivity index (χ1v) is 9.58. The fourth-order valence-electron chi connectivity index (χ4n) is 3.27. The van der Waals surface area contributed by atoms with Gasteiger partial charge in [-0.2, -0.15) is 0 Å². The molecular formula is C22H24N4O4. The predicted octanol–water partition coefficient (Wildman–Crippen LogP) is 2.98. The van der Waals surface area contributed by atoms with Crippen LogP contribution < -0.4 is 20.5 Å². The number of amides is 2. The number of carbonyl (C=O) groups excluding carboxylic acids is 2. The van der Waals surface area contributed by atoms with Gasteiger partial charge in [0.05, 0.1) is 23.8 Å². The SMILES string of the molecule is CC[C@@H](C(=O)Nc1ccccc1OC)n1c(=O)c(N(C)C(C)=O)nc2ccccc21. The van der Waals surface area contributed by atoms with Crippen LogP contribution in [0.15, 0.2) is 53.3 Å². The second kappa shape index (κ2) is 8.77. The second-order valence-electron chi connectivity index (χ2n) is 6.79. The smallest absolute Gasteiger partial charge is 0.295 e. The molecule has 1 atom stereocenters. The highest BCUT2D eigenvalue weighted by Gasteiger charge is 2.26. The van der Waals surface area contributed by atoms with E-state index in [0.29, 0.717) is 28.9 Å². The number of rotatable bonds is 6. The van der Waals surface area contributed by atoms with Crippen molar-refractivity contribution in [1.82, 2.24) is 9.55 Å². The Kier molecular flexibility index (Phi) is 6.15. The molecule has 0 spiro atoms. The van der Waals surface area contributed by atoms with Crippen LogP contribution in [-0.2, 0) is 9.59 Å². The Hall–Kier alpha value is -3.68. The molecule has 0 saturated carbocycles. The van der Waals surface area contributed by atoms with Crippen LogP contribution in [0.1, 0.15) is 26.3 Å². The first kappa shape index (κ1) is 21.0. The molecule has 0 aliphatic rings. The number of anilines is 2. The number of aromatic nitrogens is 2. The largest absolute Gasteiger partial charge is 0.495 e. The van der Waals surface area contributed by atoms with Gasteiger partial charge in [0.25, 0.3) is 5.56 Å². The zero-order valence-corrected chi connectivity index (χ0v) is 17.4. The zero-order chi connectivity index (χ0) is 21.8. The lowest BCUT2D eigenvalue weighted by molar-refractivity contribution is -0.119. The summed E-state index contributed by atoms with van der Waals surface area (Å²) in [5.74, 6) is -0.195. The van der Waals surface area contributed by atoms with Gasteiger partial charge in [0.1, 0.15) is 11.8 Å². The van der Waals surface area contributed by atoms with Crippen molar-refractivity contribution in [3.63, 3.8) is 0 Å². The average Bonchev–Trinajstić information content (AvgIpc) is 2.75. The maximum atomic E-state index is 13.3. The molecule has 0 radical (unpaired) electrons. The molecule has 8 nitrogen and oxygen atoms in total. The summed E-state index contributed by atoms with van der Waals surface area (Å²) in [4.78, 5) is 43.9. The number of nitrogens with one attached hydrogen (secondary N) is 1. The molecule has 2 amide bonds. The minimum atomic E-state index is -0.811. The second-order valence-corrected chi connectivity index (χ2v) is 6.79. The Morgan fingerprint density at radius 1 is 1.17 bits per heavy atom. The van der Waals surface area contributed by atoms with E-state index in [4.69, 9.17) is 4.74 Å². The van der Waals surface area contributed by atoms with Gasteiger partial charge < -0.3 is 10.1 Å². The van der Waals surface area contributed by atoms with Crippen molar-refractivity contribution in [2.45, 2.75) is 26.3 Å². The van der Waals surface area contributed by atoms with Gasteiger partial charge in [-0.15, -0.1) is 0 Å². The summed E-state index contributed by atoms with van der Waals surface area (Å²) >= 11 is 0.